The highest BCUT2D eigenvalue weighted by Crippen LogP contribution is 2.13. The Balaban J connectivity index is 1.88. The van der Waals surface area contributed by atoms with Gasteiger partial charge in [-0.05, 0) is 42.8 Å². The molecule has 0 aliphatic carbocycles. The standard InChI is InChI=1S/C12H17N5O/c1-10-4-2-5-11(8-10)18-9-12-14-16-17(15-12)7-3-6-13/h2,4-5,8H,3,6-7,9,13H2,1H3. The Kier molecular flexibility index (Phi) is 4.25. The largest absolute Gasteiger partial charge is 0.485 e. The minimum Gasteiger partial charge on any atom is -0.485 e. The molecule has 1 aromatic carbocycles. The molecule has 96 valence electrons. The summed E-state index contributed by atoms with van der Waals surface area (Å²) in [4.78, 5) is 1.54. The molecule has 0 saturated heterocycles. The third-order valence-corrected chi connectivity index (χ3v) is 2.41. The van der Waals surface area contributed by atoms with Crippen LogP contribution in [0.2, 0.25) is 0 Å². The first-order chi connectivity index (χ1) is 8.78. The molecular weight excluding hydrogens is 230 g/mol. The zero-order valence-corrected chi connectivity index (χ0v) is 10.4. The molecule has 2 aromatic rings. The summed E-state index contributed by atoms with van der Waals surface area (Å²) in [5.41, 5.74) is 6.58. The van der Waals surface area contributed by atoms with Crippen molar-refractivity contribution in [2.45, 2.75) is 26.5 Å². The third-order valence-electron chi connectivity index (χ3n) is 2.41. The summed E-state index contributed by atoms with van der Waals surface area (Å²) in [7, 11) is 0. The van der Waals surface area contributed by atoms with E-state index in [1.807, 2.05) is 31.2 Å². The molecule has 0 amide bonds. The number of ether oxygens (including phenoxy) is 1. The van der Waals surface area contributed by atoms with E-state index >= 15 is 0 Å². The molecule has 0 atom stereocenters. The van der Waals surface area contributed by atoms with E-state index in [2.05, 4.69) is 15.4 Å². The van der Waals surface area contributed by atoms with Gasteiger partial charge in [0.2, 0.25) is 5.82 Å². The molecule has 0 unspecified atom stereocenters. The van der Waals surface area contributed by atoms with Crippen LogP contribution in [-0.2, 0) is 13.2 Å². The number of tetrazole rings is 1. The zero-order valence-electron chi connectivity index (χ0n) is 10.4. The molecule has 2 N–H and O–H groups in total. The van der Waals surface area contributed by atoms with Gasteiger partial charge in [0.1, 0.15) is 5.75 Å². The molecule has 1 aromatic heterocycles. The van der Waals surface area contributed by atoms with Gasteiger partial charge in [-0.25, -0.2) is 0 Å². The predicted molar refractivity (Wildman–Crippen MR) is 67.0 cm³/mol. The quantitative estimate of drug-likeness (QED) is 0.820. The number of nitrogens with zero attached hydrogens (tertiary/aromatic N) is 4. The van der Waals surface area contributed by atoms with Crippen LogP contribution in [0.4, 0.5) is 0 Å². The molecule has 6 heteroatoms. The number of hydrogen-bond acceptors (Lipinski definition) is 5. The topological polar surface area (TPSA) is 78.9 Å². The van der Waals surface area contributed by atoms with Crippen molar-refractivity contribution in [3.05, 3.63) is 35.7 Å². The molecule has 6 nitrogen and oxygen atoms in total. The Bertz CT molecular complexity index is 497. The number of benzene rings is 1. The first-order valence-corrected chi connectivity index (χ1v) is 5.94. The van der Waals surface area contributed by atoms with Crippen LogP contribution in [0.5, 0.6) is 5.75 Å². The molecule has 0 fully saturated rings. The van der Waals surface area contributed by atoms with Crippen molar-refractivity contribution in [1.82, 2.24) is 20.2 Å². The Morgan fingerprint density at radius 1 is 1.39 bits per heavy atom. The van der Waals surface area contributed by atoms with E-state index in [4.69, 9.17) is 10.5 Å². The van der Waals surface area contributed by atoms with Gasteiger partial charge in [0.25, 0.3) is 0 Å². The molecule has 0 bridgehead atoms. The number of hydrogen-bond donors (Lipinski definition) is 1. The van der Waals surface area contributed by atoms with Crippen molar-refractivity contribution in [3.63, 3.8) is 0 Å². The molecule has 0 radical (unpaired) electrons. The van der Waals surface area contributed by atoms with Crippen molar-refractivity contribution in [2.24, 2.45) is 5.73 Å². The second-order valence-electron chi connectivity index (χ2n) is 4.05. The van der Waals surface area contributed by atoms with Crippen molar-refractivity contribution in [1.29, 1.82) is 0 Å². The van der Waals surface area contributed by atoms with Gasteiger partial charge in [0.05, 0.1) is 6.54 Å². The van der Waals surface area contributed by atoms with Crippen LogP contribution in [0.15, 0.2) is 24.3 Å². The average molecular weight is 247 g/mol. The van der Waals surface area contributed by atoms with Gasteiger partial charge in [-0.1, -0.05) is 12.1 Å². The van der Waals surface area contributed by atoms with Gasteiger partial charge in [-0.3, -0.25) is 0 Å². The highest BCUT2D eigenvalue weighted by atomic mass is 16.5. The average Bonchev–Trinajstić information content (AvgIpc) is 2.82. The normalized spacial score (nSPS) is 10.6. The van der Waals surface area contributed by atoms with Gasteiger partial charge in [0.15, 0.2) is 6.61 Å². The van der Waals surface area contributed by atoms with E-state index in [0.29, 0.717) is 25.5 Å². The molecule has 0 aliphatic rings. The van der Waals surface area contributed by atoms with Crippen molar-refractivity contribution in [3.8, 4) is 5.75 Å². The Morgan fingerprint density at radius 3 is 3.06 bits per heavy atom. The molecule has 18 heavy (non-hydrogen) atoms. The SMILES string of the molecule is Cc1cccc(OCc2nnn(CCCN)n2)c1. The predicted octanol–water partition coefficient (Wildman–Crippen LogP) is 0.909. The second kappa shape index (κ2) is 6.11. The van der Waals surface area contributed by atoms with Crippen molar-refractivity contribution >= 4 is 0 Å². The molecular formula is C12H17N5O. The van der Waals surface area contributed by atoms with E-state index in [1.54, 1.807) is 4.80 Å². The number of aromatic nitrogens is 4. The summed E-state index contributed by atoms with van der Waals surface area (Å²) in [6.45, 7) is 3.66. The number of nitrogens with two attached hydrogens (primary N) is 1. The lowest BCUT2D eigenvalue weighted by molar-refractivity contribution is 0.294. The van der Waals surface area contributed by atoms with E-state index in [-0.39, 0.29) is 0 Å². The van der Waals surface area contributed by atoms with E-state index < -0.39 is 0 Å². The lowest BCUT2D eigenvalue weighted by Gasteiger charge is -2.03. The van der Waals surface area contributed by atoms with Gasteiger partial charge >= 0.3 is 0 Å². The molecule has 1 heterocycles. The maximum absolute atomic E-state index is 5.59. The smallest absolute Gasteiger partial charge is 0.212 e. The first-order valence-electron chi connectivity index (χ1n) is 5.94. The molecule has 0 aliphatic heterocycles. The minimum absolute atomic E-state index is 0.325. The maximum Gasteiger partial charge on any atom is 0.212 e. The van der Waals surface area contributed by atoms with Crippen LogP contribution >= 0.6 is 0 Å². The Hall–Kier alpha value is -1.95. The lowest BCUT2D eigenvalue weighted by Crippen LogP contribution is -2.08. The highest BCUT2D eigenvalue weighted by Gasteiger charge is 2.03. The van der Waals surface area contributed by atoms with Gasteiger partial charge in [-0.15, -0.1) is 10.2 Å². The summed E-state index contributed by atoms with van der Waals surface area (Å²) in [6.07, 6.45) is 0.842. The summed E-state index contributed by atoms with van der Waals surface area (Å²) in [6, 6.07) is 7.86. The summed E-state index contributed by atoms with van der Waals surface area (Å²) < 4.78 is 5.59. The van der Waals surface area contributed by atoms with Crippen molar-refractivity contribution in [2.75, 3.05) is 6.54 Å². The highest BCUT2D eigenvalue weighted by molar-refractivity contribution is 5.27. The van der Waals surface area contributed by atoms with Crippen LogP contribution in [0.25, 0.3) is 0 Å². The number of rotatable bonds is 6. The molecule has 0 saturated carbocycles. The monoisotopic (exact) mass is 247 g/mol. The lowest BCUT2D eigenvalue weighted by atomic mass is 10.2. The fourth-order valence-electron chi connectivity index (χ4n) is 1.51. The molecule has 0 spiro atoms. The van der Waals surface area contributed by atoms with Crippen LogP contribution in [-0.4, -0.2) is 26.8 Å². The molecule has 2 rings (SSSR count). The van der Waals surface area contributed by atoms with Gasteiger partial charge < -0.3 is 10.5 Å². The van der Waals surface area contributed by atoms with Crippen molar-refractivity contribution < 1.29 is 4.74 Å². The van der Waals surface area contributed by atoms with Crippen LogP contribution < -0.4 is 10.5 Å². The summed E-state index contributed by atoms with van der Waals surface area (Å²) in [5, 5.41) is 12.0. The second-order valence-corrected chi connectivity index (χ2v) is 4.05. The number of aryl methyl sites for hydroxylation is 2. The van der Waals surface area contributed by atoms with E-state index in [1.165, 1.54) is 0 Å². The van der Waals surface area contributed by atoms with Gasteiger partial charge in [0, 0.05) is 0 Å². The van der Waals surface area contributed by atoms with Crippen LogP contribution in [0, 0.1) is 6.92 Å². The zero-order chi connectivity index (χ0) is 12.8. The van der Waals surface area contributed by atoms with Crippen LogP contribution in [0.1, 0.15) is 17.8 Å². The Morgan fingerprint density at radius 2 is 2.28 bits per heavy atom. The fraction of sp³-hybridized carbons (Fsp3) is 0.417. The van der Waals surface area contributed by atoms with E-state index in [0.717, 1.165) is 17.7 Å². The Labute approximate surface area is 106 Å². The summed E-state index contributed by atoms with van der Waals surface area (Å²) >= 11 is 0. The minimum atomic E-state index is 0.325. The van der Waals surface area contributed by atoms with Gasteiger partial charge in [-0.2, -0.15) is 4.80 Å². The van der Waals surface area contributed by atoms with Crippen LogP contribution in [0.3, 0.4) is 0 Å². The fourth-order valence-corrected chi connectivity index (χ4v) is 1.51. The maximum atomic E-state index is 5.59. The first kappa shape index (κ1) is 12.5. The third kappa shape index (κ3) is 3.53. The van der Waals surface area contributed by atoms with E-state index in [9.17, 15) is 0 Å². The summed E-state index contributed by atoms with van der Waals surface area (Å²) in [5.74, 6) is 1.39.